The predicted octanol–water partition coefficient (Wildman–Crippen LogP) is 5.46. The highest BCUT2D eigenvalue weighted by atomic mass is 35.5. The van der Waals surface area contributed by atoms with Gasteiger partial charge in [-0.1, -0.05) is 29.8 Å². The molecule has 0 spiro atoms. The maximum absolute atomic E-state index is 12.1. The Morgan fingerprint density at radius 1 is 1.25 bits per heavy atom. The van der Waals surface area contributed by atoms with Gasteiger partial charge in [0, 0.05) is 22.6 Å². The second kappa shape index (κ2) is 7.56. The molecule has 1 aliphatic carbocycles. The van der Waals surface area contributed by atoms with Gasteiger partial charge in [0.15, 0.2) is 0 Å². The molecule has 0 saturated carbocycles. The van der Waals surface area contributed by atoms with Crippen molar-refractivity contribution in [1.82, 2.24) is 0 Å². The minimum Gasteiger partial charge on any atom is -0.465 e. The Morgan fingerprint density at radius 2 is 2.11 bits per heavy atom. The summed E-state index contributed by atoms with van der Waals surface area (Å²) in [6.07, 6.45) is 9.42. The maximum Gasteiger partial charge on any atom is 0.340 e. The fourth-order valence-electron chi connectivity index (χ4n) is 3.61. The van der Waals surface area contributed by atoms with E-state index >= 15 is 0 Å². The number of aryl methyl sites for hydroxylation is 1. The number of carbonyl (C=O) groups excluding carboxylic acids is 1. The van der Waals surface area contributed by atoms with Gasteiger partial charge in [-0.25, -0.2) is 4.79 Å². The Morgan fingerprint density at radius 3 is 2.89 bits per heavy atom. The average molecular weight is 393 g/mol. The first-order valence-electron chi connectivity index (χ1n) is 9.15. The number of allylic oxidation sites excluding steroid dienone is 1. The second-order valence-corrected chi connectivity index (χ2v) is 7.36. The Bertz CT molecular complexity index is 1020. The van der Waals surface area contributed by atoms with Crippen molar-refractivity contribution in [3.05, 3.63) is 94.3 Å². The van der Waals surface area contributed by atoms with Gasteiger partial charge in [0.05, 0.1) is 24.4 Å². The van der Waals surface area contributed by atoms with E-state index in [1.807, 2.05) is 0 Å². The lowest BCUT2D eigenvalue weighted by Crippen LogP contribution is -2.29. The van der Waals surface area contributed by atoms with Crippen LogP contribution >= 0.6 is 11.6 Å². The molecule has 2 aliphatic rings. The molecular weight excluding hydrogens is 372 g/mol. The van der Waals surface area contributed by atoms with Crippen LogP contribution in [0.1, 0.15) is 22.3 Å². The summed E-state index contributed by atoms with van der Waals surface area (Å²) in [4.78, 5) is 14.4. The molecule has 0 fully saturated rings. The number of nitrogens with one attached hydrogen (secondary N) is 1. The molecule has 1 atom stereocenters. The molecule has 0 amide bonds. The van der Waals surface area contributed by atoms with Crippen LogP contribution in [0.15, 0.2) is 78.2 Å². The van der Waals surface area contributed by atoms with Crippen LogP contribution in [0.4, 0.5) is 11.4 Å². The lowest BCUT2D eigenvalue weighted by molar-refractivity contribution is 0.0602. The van der Waals surface area contributed by atoms with Crippen LogP contribution in [0.5, 0.6) is 0 Å². The zero-order valence-electron chi connectivity index (χ0n) is 15.8. The number of methoxy groups -OCH3 is 1. The Labute approximate surface area is 169 Å². The van der Waals surface area contributed by atoms with E-state index in [2.05, 4.69) is 65.8 Å². The molecule has 0 aromatic heterocycles. The summed E-state index contributed by atoms with van der Waals surface area (Å²) >= 11 is 6.04. The highest BCUT2D eigenvalue weighted by Gasteiger charge is 2.27. The van der Waals surface area contributed by atoms with Crippen molar-refractivity contribution < 1.29 is 9.53 Å². The zero-order chi connectivity index (χ0) is 19.7. The number of fused-ring (bicyclic) bond motifs is 1. The standard InChI is InChI=1S/C23H21ClN2O2/c1-15-4-3-5-19(12-15)26-11-10-16-13-18(7-9-22(16)26)25-21-8-6-17(24)14-20(21)23(27)28-2/h3-8,10-14,22,25H,9H2,1-2H3. The number of halogens is 1. The first-order chi connectivity index (χ1) is 13.5. The van der Waals surface area contributed by atoms with Crippen LogP contribution in [-0.2, 0) is 4.74 Å². The topological polar surface area (TPSA) is 41.6 Å². The van der Waals surface area contributed by atoms with Gasteiger partial charge in [-0.3, -0.25) is 0 Å². The van der Waals surface area contributed by atoms with Crippen LogP contribution in [0.25, 0.3) is 0 Å². The van der Waals surface area contributed by atoms with Crippen LogP contribution in [-0.4, -0.2) is 19.1 Å². The molecule has 1 aliphatic heterocycles. The van der Waals surface area contributed by atoms with E-state index in [0.29, 0.717) is 16.3 Å². The number of benzene rings is 2. The van der Waals surface area contributed by atoms with Crippen LogP contribution in [0, 0.1) is 6.92 Å². The summed E-state index contributed by atoms with van der Waals surface area (Å²) in [5.41, 5.74) is 5.72. The number of rotatable bonds is 4. The van der Waals surface area contributed by atoms with Gasteiger partial charge in [0.25, 0.3) is 0 Å². The molecule has 1 N–H and O–H groups in total. The van der Waals surface area contributed by atoms with Gasteiger partial charge in [0.1, 0.15) is 0 Å². The normalized spacial score (nSPS) is 17.7. The lowest BCUT2D eigenvalue weighted by Gasteiger charge is -2.29. The molecule has 1 heterocycles. The van der Waals surface area contributed by atoms with Crippen molar-refractivity contribution in [3.63, 3.8) is 0 Å². The third-order valence-corrected chi connectivity index (χ3v) is 5.23. The maximum atomic E-state index is 12.1. The molecule has 0 saturated heterocycles. The largest absolute Gasteiger partial charge is 0.465 e. The highest BCUT2D eigenvalue weighted by molar-refractivity contribution is 6.31. The van der Waals surface area contributed by atoms with Gasteiger partial charge >= 0.3 is 5.97 Å². The molecule has 2 aromatic rings. The van der Waals surface area contributed by atoms with Gasteiger partial charge in [-0.2, -0.15) is 0 Å². The first-order valence-corrected chi connectivity index (χ1v) is 9.53. The van der Waals surface area contributed by atoms with E-state index in [0.717, 1.165) is 12.1 Å². The Hall–Kier alpha value is -2.98. The van der Waals surface area contributed by atoms with Crippen molar-refractivity contribution in [1.29, 1.82) is 0 Å². The lowest BCUT2D eigenvalue weighted by atomic mass is 9.97. The number of hydrogen-bond donors (Lipinski definition) is 1. The SMILES string of the molecule is COC(=O)c1cc(Cl)ccc1NC1=CCC2C(=C1)C=CN2c1cccc(C)c1. The molecule has 2 aromatic carbocycles. The number of anilines is 2. The zero-order valence-corrected chi connectivity index (χ0v) is 16.5. The third kappa shape index (κ3) is 3.56. The smallest absolute Gasteiger partial charge is 0.340 e. The summed E-state index contributed by atoms with van der Waals surface area (Å²) < 4.78 is 4.87. The van der Waals surface area contributed by atoms with Gasteiger partial charge in [0.2, 0.25) is 0 Å². The average Bonchev–Trinajstić information content (AvgIpc) is 3.12. The van der Waals surface area contributed by atoms with E-state index < -0.39 is 5.97 Å². The van der Waals surface area contributed by atoms with Crippen LogP contribution in [0.2, 0.25) is 5.02 Å². The molecule has 5 heteroatoms. The van der Waals surface area contributed by atoms with Crippen molar-refractivity contribution in [2.75, 3.05) is 17.3 Å². The quantitative estimate of drug-likeness (QED) is 0.701. The summed E-state index contributed by atoms with van der Waals surface area (Å²) in [6.45, 7) is 2.11. The summed E-state index contributed by atoms with van der Waals surface area (Å²) in [5, 5.41) is 3.84. The number of nitrogens with zero attached hydrogens (tertiary/aromatic N) is 1. The summed E-state index contributed by atoms with van der Waals surface area (Å²) in [5.74, 6) is -0.418. The second-order valence-electron chi connectivity index (χ2n) is 6.92. The van der Waals surface area contributed by atoms with E-state index in [-0.39, 0.29) is 6.04 Å². The highest BCUT2D eigenvalue weighted by Crippen LogP contribution is 2.34. The fraction of sp³-hybridized carbons (Fsp3) is 0.174. The van der Waals surface area contributed by atoms with Gasteiger partial charge in [-0.15, -0.1) is 0 Å². The van der Waals surface area contributed by atoms with Crippen molar-refractivity contribution in [2.24, 2.45) is 0 Å². The van der Waals surface area contributed by atoms with Crippen LogP contribution in [0.3, 0.4) is 0 Å². The van der Waals surface area contributed by atoms with E-state index in [4.69, 9.17) is 16.3 Å². The molecule has 142 valence electrons. The fourth-order valence-corrected chi connectivity index (χ4v) is 3.79. The first kappa shape index (κ1) is 18.4. The molecule has 4 rings (SSSR count). The summed E-state index contributed by atoms with van der Waals surface area (Å²) in [6, 6.07) is 14.0. The molecule has 0 bridgehead atoms. The molecule has 0 radical (unpaired) electrons. The third-order valence-electron chi connectivity index (χ3n) is 5.00. The molecule has 4 nitrogen and oxygen atoms in total. The number of ether oxygens (including phenoxy) is 1. The van der Waals surface area contributed by atoms with Crippen molar-refractivity contribution >= 4 is 28.9 Å². The van der Waals surface area contributed by atoms with E-state index in [9.17, 15) is 4.79 Å². The number of carbonyl (C=O) groups is 1. The predicted molar refractivity (Wildman–Crippen MR) is 114 cm³/mol. The molecular formula is C23H21ClN2O2. The molecule has 1 unspecified atom stereocenters. The van der Waals surface area contributed by atoms with Crippen molar-refractivity contribution in [2.45, 2.75) is 19.4 Å². The van der Waals surface area contributed by atoms with E-state index in [1.165, 1.54) is 23.9 Å². The number of hydrogen-bond acceptors (Lipinski definition) is 4. The molecule has 28 heavy (non-hydrogen) atoms. The van der Waals surface area contributed by atoms with E-state index in [1.54, 1.807) is 18.2 Å². The van der Waals surface area contributed by atoms with Gasteiger partial charge in [-0.05, 0) is 67.0 Å². The monoisotopic (exact) mass is 392 g/mol. The summed E-state index contributed by atoms with van der Waals surface area (Å²) in [7, 11) is 1.36. The van der Waals surface area contributed by atoms with Gasteiger partial charge < -0.3 is 15.0 Å². The van der Waals surface area contributed by atoms with Crippen molar-refractivity contribution in [3.8, 4) is 0 Å². The Kier molecular flexibility index (Phi) is 4.97. The Balaban J connectivity index is 1.55. The van der Waals surface area contributed by atoms with Crippen LogP contribution < -0.4 is 10.2 Å². The number of esters is 1. The minimum absolute atomic E-state index is 0.289. The minimum atomic E-state index is -0.418.